The molecule has 2 aromatic carbocycles. The van der Waals surface area contributed by atoms with Gasteiger partial charge in [0.1, 0.15) is 17.2 Å². The van der Waals surface area contributed by atoms with Gasteiger partial charge in [-0.3, -0.25) is 0 Å². The molecule has 0 atom stereocenters. The van der Waals surface area contributed by atoms with Crippen LogP contribution in [-0.2, 0) is 4.79 Å². The number of aliphatic carboxylic acids is 1. The van der Waals surface area contributed by atoms with Crippen molar-refractivity contribution >= 4 is 17.6 Å². The Labute approximate surface area is 141 Å². The quantitative estimate of drug-likeness (QED) is 0.620. The van der Waals surface area contributed by atoms with Crippen LogP contribution in [0.1, 0.15) is 18.1 Å². The standard InChI is InChI=1S/C19H20O5/c1-4-24-15-7-5-6-13(10-15)11-17(19(20)21)16-12-14(22-2)8-9-18(16)23-3/h5-12H,4H2,1-3H3,(H,20,21)/b17-11-. The molecular formula is C19H20O5. The highest BCUT2D eigenvalue weighted by molar-refractivity contribution is 6.21. The molecule has 126 valence electrons. The van der Waals surface area contributed by atoms with Crippen molar-refractivity contribution in [3.05, 3.63) is 53.6 Å². The Bertz CT molecular complexity index is 749. The molecule has 0 unspecified atom stereocenters. The molecule has 2 rings (SSSR count). The van der Waals surface area contributed by atoms with E-state index in [1.807, 2.05) is 25.1 Å². The Hall–Kier alpha value is -2.95. The number of rotatable bonds is 7. The molecule has 2 aromatic rings. The first-order valence-electron chi connectivity index (χ1n) is 7.49. The summed E-state index contributed by atoms with van der Waals surface area (Å²) in [6.45, 7) is 2.44. The molecule has 0 saturated carbocycles. The number of hydrogen-bond acceptors (Lipinski definition) is 4. The van der Waals surface area contributed by atoms with Crippen LogP contribution in [0.15, 0.2) is 42.5 Å². The zero-order valence-electron chi connectivity index (χ0n) is 13.9. The molecule has 0 aromatic heterocycles. The van der Waals surface area contributed by atoms with E-state index in [1.54, 1.807) is 30.3 Å². The number of benzene rings is 2. The summed E-state index contributed by atoms with van der Waals surface area (Å²) in [5.74, 6) is 0.656. The van der Waals surface area contributed by atoms with Crippen LogP contribution in [0, 0.1) is 0 Å². The summed E-state index contributed by atoms with van der Waals surface area (Å²) in [6.07, 6.45) is 1.59. The van der Waals surface area contributed by atoms with Crippen molar-refractivity contribution in [2.45, 2.75) is 6.92 Å². The third-order valence-electron chi connectivity index (χ3n) is 3.41. The fourth-order valence-corrected chi connectivity index (χ4v) is 2.31. The zero-order valence-corrected chi connectivity index (χ0v) is 13.9. The molecule has 0 amide bonds. The van der Waals surface area contributed by atoms with Crippen molar-refractivity contribution < 1.29 is 24.1 Å². The second-order valence-corrected chi connectivity index (χ2v) is 4.93. The molecule has 0 heterocycles. The first-order valence-corrected chi connectivity index (χ1v) is 7.49. The van der Waals surface area contributed by atoms with Crippen LogP contribution in [0.4, 0.5) is 0 Å². The fraction of sp³-hybridized carbons (Fsp3) is 0.211. The molecule has 0 spiro atoms. The van der Waals surface area contributed by atoms with Gasteiger partial charge < -0.3 is 19.3 Å². The van der Waals surface area contributed by atoms with Gasteiger partial charge in [0.2, 0.25) is 0 Å². The molecule has 0 aliphatic carbocycles. The van der Waals surface area contributed by atoms with Gasteiger partial charge in [-0.15, -0.1) is 0 Å². The number of carbonyl (C=O) groups is 1. The van der Waals surface area contributed by atoms with E-state index in [0.717, 1.165) is 5.56 Å². The molecule has 0 bridgehead atoms. The number of hydrogen-bond donors (Lipinski definition) is 1. The average molecular weight is 328 g/mol. The lowest BCUT2D eigenvalue weighted by atomic mass is 10.0. The van der Waals surface area contributed by atoms with Gasteiger partial charge in [0.15, 0.2) is 0 Å². The topological polar surface area (TPSA) is 65.0 Å². The maximum absolute atomic E-state index is 11.8. The van der Waals surface area contributed by atoms with E-state index in [0.29, 0.717) is 29.4 Å². The van der Waals surface area contributed by atoms with Crippen molar-refractivity contribution in [3.8, 4) is 17.2 Å². The molecule has 24 heavy (non-hydrogen) atoms. The lowest BCUT2D eigenvalue weighted by Gasteiger charge is -2.11. The Kier molecular flexibility index (Phi) is 5.84. The molecule has 5 nitrogen and oxygen atoms in total. The Morgan fingerprint density at radius 3 is 2.50 bits per heavy atom. The molecule has 0 saturated heterocycles. The second-order valence-electron chi connectivity index (χ2n) is 4.93. The smallest absolute Gasteiger partial charge is 0.336 e. The molecule has 0 aliphatic heterocycles. The van der Waals surface area contributed by atoms with E-state index in [1.165, 1.54) is 14.2 Å². The third kappa shape index (κ3) is 4.07. The molecule has 0 radical (unpaired) electrons. The minimum atomic E-state index is -1.05. The highest BCUT2D eigenvalue weighted by Gasteiger charge is 2.17. The van der Waals surface area contributed by atoms with Crippen molar-refractivity contribution in [2.24, 2.45) is 0 Å². The van der Waals surface area contributed by atoms with Crippen LogP contribution in [-0.4, -0.2) is 31.9 Å². The van der Waals surface area contributed by atoms with E-state index in [4.69, 9.17) is 14.2 Å². The van der Waals surface area contributed by atoms with Gasteiger partial charge in [-0.25, -0.2) is 4.79 Å². The minimum Gasteiger partial charge on any atom is -0.497 e. The van der Waals surface area contributed by atoms with Gasteiger partial charge in [-0.05, 0) is 48.9 Å². The van der Waals surface area contributed by atoms with Crippen molar-refractivity contribution in [1.29, 1.82) is 0 Å². The van der Waals surface area contributed by atoms with Gasteiger partial charge in [0.05, 0.1) is 26.4 Å². The molecule has 0 aliphatic rings. The lowest BCUT2D eigenvalue weighted by molar-refractivity contribution is -0.130. The van der Waals surface area contributed by atoms with E-state index < -0.39 is 5.97 Å². The zero-order chi connectivity index (χ0) is 17.5. The van der Waals surface area contributed by atoms with E-state index in [-0.39, 0.29) is 5.57 Å². The van der Waals surface area contributed by atoms with Crippen LogP contribution < -0.4 is 14.2 Å². The third-order valence-corrected chi connectivity index (χ3v) is 3.41. The van der Waals surface area contributed by atoms with E-state index in [2.05, 4.69) is 0 Å². The fourth-order valence-electron chi connectivity index (χ4n) is 2.31. The van der Waals surface area contributed by atoms with Crippen LogP contribution in [0.25, 0.3) is 11.6 Å². The predicted molar refractivity (Wildman–Crippen MR) is 92.7 cm³/mol. The van der Waals surface area contributed by atoms with Gasteiger partial charge in [-0.2, -0.15) is 0 Å². The summed E-state index contributed by atoms with van der Waals surface area (Å²) >= 11 is 0. The molecule has 1 N–H and O–H groups in total. The number of carboxylic acid groups (broad SMARTS) is 1. The average Bonchev–Trinajstić information content (AvgIpc) is 2.59. The normalized spacial score (nSPS) is 11.0. The highest BCUT2D eigenvalue weighted by atomic mass is 16.5. The summed E-state index contributed by atoms with van der Waals surface area (Å²) in [6, 6.07) is 12.3. The maximum Gasteiger partial charge on any atom is 0.336 e. The van der Waals surface area contributed by atoms with Crippen LogP contribution in [0.2, 0.25) is 0 Å². The predicted octanol–water partition coefficient (Wildman–Crippen LogP) is 3.73. The Balaban J connectivity index is 2.54. The summed E-state index contributed by atoms with van der Waals surface area (Å²) in [5.41, 5.74) is 1.29. The van der Waals surface area contributed by atoms with Crippen molar-refractivity contribution in [1.82, 2.24) is 0 Å². The van der Waals surface area contributed by atoms with Crippen molar-refractivity contribution in [2.75, 3.05) is 20.8 Å². The summed E-state index contributed by atoms with van der Waals surface area (Å²) in [5, 5.41) is 9.65. The second kappa shape index (κ2) is 8.06. The maximum atomic E-state index is 11.8. The monoisotopic (exact) mass is 328 g/mol. The Morgan fingerprint density at radius 2 is 1.88 bits per heavy atom. The lowest BCUT2D eigenvalue weighted by Crippen LogP contribution is -2.02. The van der Waals surface area contributed by atoms with Crippen molar-refractivity contribution in [3.63, 3.8) is 0 Å². The Morgan fingerprint density at radius 1 is 1.08 bits per heavy atom. The number of carboxylic acids is 1. The van der Waals surface area contributed by atoms with Gasteiger partial charge >= 0.3 is 5.97 Å². The van der Waals surface area contributed by atoms with E-state index in [9.17, 15) is 9.90 Å². The minimum absolute atomic E-state index is 0.111. The van der Waals surface area contributed by atoms with Gasteiger partial charge in [-0.1, -0.05) is 12.1 Å². The molecule has 0 fully saturated rings. The van der Waals surface area contributed by atoms with Crippen LogP contribution in [0.3, 0.4) is 0 Å². The number of methoxy groups -OCH3 is 2. The summed E-state index contributed by atoms with van der Waals surface area (Å²) in [4.78, 5) is 11.8. The molecular weight excluding hydrogens is 308 g/mol. The van der Waals surface area contributed by atoms with Crippen LogP contribution in [0.5, 0.6) is 17.2 Å². The SMILES string of the molecule is CCOc1cccc(/C=C(\C(=O)O)c2cc(OC)ccc2OC)c1. The van der Waals surface area contributed by atoms with Gasteiger partial charge in [0.25, 0.3) is 0 Å². The summed E-state index contributed by atoms with van der Waals surface area (Å²) < 4.78 is 15.9. The highest BCUT2D eigenvalue weighted by Crippen LogP contribution is 2.32. The molecule has 5 heteroatoms. The van der Waals surface area contributed by atoms with E-state index >= 15 is 0 Å². The largest absolute Gasteiger partial charge is 0.497 e. The summed E-state index contributed by atoms with van der Waals surface area (Å²) in [7, 11) is 3.03. The first-order chi connectivity index (χ1) is 11.6. The van der Waals surface area contributed by atoms with Crippen LogP contribution >= 0.6 is 0 Å². The number of ether oxygens (including phenoxy) is 3. The van der Waals surface area contributed by atoms with Gasteiger partial charge in [0, 0.05) is 5.56 Å². The first kappa shape index (κ1) is 17.4.